The fourth-order valence-corrected chi connectivity index (χ4v) is 6.99. The van der Waals surface area contributed by atoms with Crippen molar-refractivity contribution in [2.45, 2.75) is 115 Å². The first-order valence-electron chi connectivity index (χ1n) is 13.5. The zero-order valence-corrected chi connectivity index (χ0v) is 21.6. The number of ether oxygens (including phenoxy) is 1. The summed E-state index contributed by atoms with van der Waals surface area (Å²) in [6.07, 6.45) is 12.8. The van der Waals surface area contributed by atoms with Crippen LogP contribution >= 0.6 is 0 Å². The third-order valence-electron chi connectivity index (χ3n) is 9.27. The van der Waals surface area contributed by atoms with Gasteiger partial charge in [0.05, 0.1) is 23.9 Å². The van der Waals surface area contributed by atoms with E-state index in [1.165, 1.54) is 31.3 Å². The molecule has 0 saturated heterocycles. The van der Waals surface area contributed by atoms with Gasteiger partial charge in [0, 0.05) is 19.6 Å². The van der Waals surface area contributed by atoms with Gasteiger partial charge in [-0.05, 0) is 99.5 Å². The van der Waals surface area contributed by atoms with Crippen LogP contribution in [0.15, 0.2) is 35.5 Å². The second-order valence-corrected chi connectivity index (χ2v) is 11.4. The minimum Gasteiger partial charge on any atom is -0.396 e. The Kier molecular flexibility index (Phi) is 9.61. The third kappa shape index (κ3) is 6.22. The van der Waals surface area contributed by atoms with E-state index >= 15 is 0 Å². The molecule has 3 aliphatic rings. The predicted molar refractivity (Wildman–Crippen MR) is 136 cm³/mol. The number of fused-ring (bicyclic) bond motifs is 1. The average Bonchev–Trinajstić information content (AvgIpc) is 3.16. The van der Waals surface area contributed by atoms with E-state index in [1.807, 2.05) is 6.92 Å². The summed E-state index contributed by atoms with van der Waals surface area (Å²) in [6.45, 7) is 11.3. The predicted octanol–water partition coefficient (Wildman–Crippen LogP) is 4.84. The average molecular weight is 477 g/mol. The van der Waals surface area contributed by atoms with Crippen LogP contribution in [0.1, 0.15) is 91.4 Å². The molecule has 3 saturated carbocycles. The van der Waals surface area contributed by atoms with Crippen LogP contribution in [-0.4, -0.2) is 57.6 Å². The Morgan fingerprint density at radius 3 is 2.71 bits per heavy atom. The van der Waals surface area contributed by atoms with Gasteiger partial charge in [-0.3, -0.25) is 0 Å². The maximum absolute atomic E-state index is 10.6. The van der Waals surface area contributed by atoms with Crippen LogP contribution < -0.4 is 0 Å². The molecule has 3 aliphatic carbocycles. The maximum Gasteiger partial charge on any atom is 0.0811 e. The van der Waals surface area contributed by atoms with Gasteiger partial charge >= 0.3 is 0 Å². The van der Waals surface area contributed by atoms with Gasteiger partial charge in [-0.15, -0.1) is 0 Å². The Hall–Kier alpha value is -0.980. The molecule has 0 heterocycles. The molecule has 3 fully saturated rings. The molecule has 3 rings (SSSR count). The molecule has 7 atom stereocenters. The Morgan fingerprint density at radius 2 is 2.00 bits per heavy atom. The van der Waals surface area contributed by atoms with Crippen LogP contribution in [-0.2, 0) is 4.74 Å². The summed E-state index contributed by atoms with van der Waals surface area (Å²) in [5.74, 6) is 1.07. The van der Waals surface area contributed by atoms with Crippen LogP contribution in [0.5, 0.6) is 0 Å². The minimum atomic E-state index is -0.779. The van der Waals surface area contributed by atoms with Crippen LogP contribution in [0.4, 0.5) is 0 Å². The first kappa shape index (κ1) is 27.6. The molecule has 0 amide bonds. The Labute approximate surface area is 206 Å². The summed E-state index contributed by atoms with van der Waals surface area (Å²) in [5.41, 5.74) is 2.67. The van der Waals surface area contributed by atoms with Gasteiger partial charge in [-0.1, -0.05) is 38.2 Å². The molecule has 5 heteroatoms. The molecule has 0 aromatic rings. The van der Waals surface area contributed by atoms with Gasteiger partial charge in [0.15, 0.2) is 0 Å². The number of hydrogen-bond donors (Lipinski definition) is 4. The number of rotatable bonds is 10. The molecule has 0 aliphatic heterocycles. The van der Waals surface area contributed by atoms with E-state index < -0.39 is 17.8 Å². The SMILES string of the molecule is C=C1/C(=C\C=C2/CCC[C@]3(C)[C@@H]([C@@H](C)OCCCC(O)(CC)CCO)CC[C@@H]23)C[C@@H](O)C[C@@H]1O. The van der Waals surface area contributed by atoms with Gasteiger partial charge in [-0.25, -0.2) is 0 Å². The quantitative estimate of drug-likeness (QED) is 0.339. The van der Waals surface area contributed by atoms with Gasteiger partial charge in [0.2, 0.25) is 0 Å². The van der Waals surface area contributed by atoms with Crippen molar-refractivity contribution in [3.05, 3.63) is 35.5 Å². The maximum atomic E-state index is 10.6. The van der Waals surface area contributed by atoms with E-state index in [0.29, 0.717) is 50.5 Å². The molecular weight excluding hydrogens is 428 g/mol. The minimum absolute atomic E-state index is 0.0191. The molecule has 0 aromatic heterocycles. The van der Waals surface area contributed by atoms with Crippen molar-refractivity contribution < 1.29 is 25.2 Å². The largest absolute Gasteiger partial charge is 0.396 e. The van der Waals surface area contributed by atoms with E-state index in [4.69, 9.17) is 4.74 Å². The van der Waals surface area contributed by atoms with E-state index in [9.17, 15) is 20.4 Å². The summed E-state index contributed by atoms with van der Waals surface area (Å²) in [6, 6.07) is 0. The van der Waals surface area contributed by atoms with Crippen molar-refractivity contribution in [1.82, 2.24) is 0 Å². The summed E-state index contributed by atoms with van der Waals surface area (Å²) < 4.78 is 6.31. The highest BCUT2D eigenvalue weighted by atomic mass is 16.5. The highest BCUT2D eigenvalue weighted by Crippen LogP contribution is 2.58. The number of allylic oxidation sites excluding steroid dienone is 3. The molecule has 0 spiro atoms. The topological polar surface area (TPSA) is 90.2 Å². The number of hydrogen-bond acceptors (Lipinski definition) is 5. The van der Waals surface area contributed by atoms with E-state index in [2.05, 4.69) is 32.6 Å². The molecule has 194 valence electrons. The molecular formula is C29H48O5. The lowest BCUT2D eigenvalue weighted by Crippen LogP contribution is -2.39. The fraction of sp³-hybridized carbons (Fsp3) is 0.793. The lowest BCUT2D eigenvalue weighted by molar-refractivity contribution is -0.0398. The van der Waals surface area contributed by atoms with Gasteiger partial charge in [-0.2, -0.15) is 0 Å². The molecule has 4 N–H and O–H groups in total. The van der Waals surface area contributed by atoms with Crippen LogP contribution in [0.25, 0.3) is 0 Å². The van der Waals surface area contributed by atoms with Gasteiger partial charge in [0.25, 0.3) is 0 Å². The van der Waals surface area contributed by atoms with Crippen molar-refractivity contribution in [2.75, 3.05) is 13.2 Å². The van der Waals surface area contributed by atoms with Gasteiger partial charge < -0.3 is 25.2 Å². The zero-order chi connectivity index (χ0) is 24.9. The second-order valence-electron chi connectivity index (χ2n) is 11.4. The van der Waals surface area contributed by atoms with Crippen LogP contribution in [0, 0.1) is 17.3 Å². The van der Waals surface area contributed by atoms with Crippen molar-refractivity contribution in [2.24, 2.45) is 17.3 Å². The third-order valence-corrected chi connectivity index (χ3v) is 9.27. The molecule has 0 bridgehead atoms. The standard InChI is InChI=1S/C29H48O5/c1-5-29(33,15-16-30)14-7-17-34-21(3)25-11-12-26-22(8-6-13-28(25,26)4)9-10-23-18-24(31)19-27(32)20(23)2/h9-10,21,24-27,30-33H,2,5-8,11-19H2,1,3-4H3/b22-9+,23-10-/t21-,24-,25-,26+,27+,28-,29?/m1/s1. The lowest BCUT2D eigenvalue weighted by Gasteiger charge is -2.44. The monoisotopic (exact) mass is 476 g/mol. The van der Waals surface area contributed by atoms with E-state index in [0.717, 1.165) is 24.0 Å². The normalized spacial score (nSPS) is 37.1. The molecule has 1 unspecified atom stereocenters. The van der Waals surface area contributed by atoms with Crippen molar-refractivity contribution in [3.8, 4) is 0 Å². The number of aliphatic hydroxyl groups is 4. The highest BCUT2D eigenvalue weighted by molar-refractivity contribution is 5.38. The summed E-state index contributed by atoms with van der Waals surface area (Å²) in [5, 5.41) is 40.0. The lowest BCUT2D eigenvalue weighted by atomic mass is 9.62. The Balaban J connectivity index is 1.61. The molecule has 5 nitrogen and oxygen atoms in total. The first-order valence-corrected chi connectivity index (χ1v) is 13.5. The van der Waals surface area contributed by atoms with E-state index in [1.54, 1.807) is 0 Å². The smallest absolute Gasteiger partial charge is 0.0811 e. The number of aliphatic hydroxyl groups excluding tert-OH is 3. The van der Waals surface area contributed by atoms with Crippen LogP contribution in [0.2, 0.25) is 0 Å². The van der Waals surface area contributed by atoms with Crippen molar-refractivity contribution in [3.63, 3.8) is 0 Å². The van der Waals surface area contributed by atoms with Crippen molar-refractivity contribution in [1.29, 1.82) is 0 Å². The summed E-state index contributed by atoms with van der Waals surface area (Å²) >= 11 is 0. The zero-order valence-electron chi connectivity index (χ0n) is 21.6. The first-order chi connectivity index (χ1) is 16.1. The van der Waals surface area contributed by atoms with Crippen LogP contribution in [0.3, 0.4) is 0 Å². The van der Waals surface area contributed by atoms with E-state index in [-0.39, 0.29) is 18.1 Å². The molecule has 0 radical (unpaired) electrons. The van der Waals surface area contributed by atoms with Gasteiger partial charge in [0.1, 0.15) is 0 Å². The molecule has 34 heavy (non-hydrogen) atoms. The second kappa shape index (κ2) is 11.8. The van der Waals surface area contributed by atoms with Crippen molar-refractivity contribution >= 4 is 0 Å². The summed E-state index contributed by atoms with van der Waals surface area (Å²) in [7, 11) is 0. The highest BCUT2D eigenvalue weighted by Gasteiger charge is 2.51. The Morgan fingerprint density at radius 1 is 1.24 bits per heavy atom. The Bertz CT molecular complexity index is 758. The summed E-state index contributed by atoms with van der Waals surface area (Å²) in [4.78, 5) is 0. The fourth-order valence-electron chi connectivity index (χ4n) is 6.99. The molecule has 0 aromatic carbocycles.